The highest BCUT2D eigenvalue weighted by Gasteiger charge is 2.29. The summed E-state index contributed by atoms with van der Waals surface area (Å²) in [5.74, 6) is 0.00104. The molecule has 0 N–H and O–H groups in total. The predicted octanol–water partition coefficient (Wildman–Crippen LogP) is 3.86. The summed E-state index contributed by atoms with van der Waals surface area (Å²) >= 11 is 5.99. The van der Waals surface area contributed by atoms with E-state index in [2.05, 4.69) is 0 Å². The number of carbonyl (C=O) groups is 1. The molecule has 0 atom stereocenters. The molecule has 2 aromatic rings. The number of hydrogen-bond acceptors (Lipinski definition) is 1. The van der Waals surface area contributed by atoms with E-state index in [9.17, 15) is 4.79 Å². The van der Waals surface area contributed by atoms with E-state index >= 15 is 0 Å². The molecular formula is C16H12ClNO. The summed E-state index contributed by atoms with van der Waals surface area (Å²) in [5, 5.41) is 0.638. The van der Waals surface area contributed by atoms with Gasteiger partial charge in [0.15, 0.2) is 0 Å². The molecule has 1 heterocycles. The van der Waals surface area contributed by atoms with Crippen molar-refractivity contribution in [2.75, 3.05) is 11.9 Å². The monoisotopic (exact) mass is 269 g/mol. The molecule has 1 amide bonds. The molecule has 3 heteroatoms. The number of amides is 1. The maximum absolute atomic E-state index is 12.3. The van der Waals surface area contributed by atoms with E-state index < -0.39 is 0 Å². The molecule has 0 saturated carbocycles. The van der Waals surface area contributed by atoms with Crippen molar-refractivity contribution in [3.05, 3.63) is 64.7 Å². The van der Waals surface area contributed by atoms with Crippen LogP contribution in [0.25, 0.3) is 11.6 Å². The Morgan fingerprint density at radius 1 is 1.11 bits per heavy atom. The number of benzene rings is 2. The van der Waals surface area contributed by atoms with Crippen molar-refractivity contribution in [2.45, 2.75) is 0 Å². The number of nitrogens with zero attached hydrogens (tertiary/aromatic N) is 1. The molecule has 3 rings (SSSR count). The number of carbonyl (C=O) groups excluding carboxylic acids is 1. The lowest BCUT2D eigenvalue weighted by atomic mass is 10.0. The minimum absolute atomic E-state index is 0.00104. The smallest absolute Gasteiger partial charge is 0.258 e. The number of halogens is 1. The largest absolute Gasteiger partial charge is 0.311 e. The summed E-state index contributed by atoms with van der Waals surface area (Å²) in [7, 11) is 1.77. The van der Waals surface area contributed by atoms with Crippen LogP contribution < -0.4 is 4.90 Å². The van der Waals surface area contributed by atoms with Crippen LogP contribution >= 0.6 is 11.6 Å². The van der Waals surface area contributed by atoms with Crippen molar-refractivity contribution in [1.29, 1.82) is 0 Å². The third-order valence-electron chi connectivity index (χ3n) is 3.26. The molecule has 0 unspecified atom stereocenters. The van der Waals surface area contributed by atoms with Crippen LogP contribution in [0.3, 0.4) is 0 Å². The van der Waals surface area contributed by atoms with E-state index in [4.69, 9.17) is 11.6 Å². The Morgan fingerprint density at radius 2 is 1.84 bits per heavy atom. The minimum Gasteiger partial charge on any atom is -0.311 e. The van der Waals surface area contributed by atoms with Crippen molar-refractivity contribution in [3.63, 3.8) is 0 Å². The second-order valence-electron chi connectivity index (χ2n) is 4.49. The van der Waals surface area contributed by atoms with Crippen molar-refractivity contribution in [1.82, 2.24) is 0 Å². The molecule has 0 aliphatic carbocycles. The van der Waals surface area contributed by atoms with Gasteiger partial charge >= 0.3 is 0 Å². The van der Waals surface area contributed by atoms with Crippen LogP contribution in [0.1, 0.15) is 11.1 Å². The molecule has 2 nitrogen and oxygen atoms in total. The van der Waals surface area contributed by atoms with Gasteiger partial charge in [-0.3, -0.25) is 4.79 Å². The van der Waals surface area contributed by atoms with Gasteiger partial charge in [-0.2, -0.15) is 0 Å². The zero-order chi connectivity index (χ0) is 13.4. The minimum atomic E-state index is 0.00104. The van der Waals surface area contributed by atoms with Crippen LogP contribution in [0.15, 0.2) is 48.5 Å². The molecule has 19 heavy (non-hydrogen) atoms. The predicted molar refractivity (Wildman–Crippen MR) is 79.2 cm³/mol. The molecule has 0 bridgehead atoms. The summed E-state index contributed by atoms with van der Waals surface area (Å²) in [4.78, 5) is 13.9. The normalized spacial score (nSPS) is 16.0. The van der Waals surface area contributed by atoms with E-state index in [1.807, 2.05) is 54.6 Å². The molecule has 1 aliphatic rings. The van der Waals surface area contributed by atoms with Crippen LogP contribution in [0, 0.1) is 0 Å². The van der Waals surface area contributed by atoms with E-state index in [-0.39, 0.29) is 5.91 Å². The Labute approximate surface area is 116 Å². The number of anilines is 1. The van der Waals surface area contributed by atoms with E-state index in [1.165, 1.54) is 0 Å². The van der Waals surface area contributed by atoms with Gasteiger partial charge in [0.1, 0.15) is 0 Å². The Balaban J connectivity index is 2.14. The molecule has 94 valence electrons. The summed E-state index contributed by atoms with van der Waals surface area (Å²) in [6, 6.07) is 15.4. The summed E-state index contributed by atoms with van der Waals surface area (Å²) in [5.41, 5.74) is 3.52. The molecule has 1 aliphatic heterocycles. The van der Waals surface area contributed by atoms with E-state index in [1.54, 1.807) is 11.9 Å². The molecule has 0 spiro atoms. The topological polar surface area (TPSA) is 20.3 Å². The average Bonchev–Trinajstić information content (AvgIpc) is 2.65. The third kappa shape index (κ3) is 2.04. The van der Waals surface area contributed by atoms with Crippen LogP contribution in [0.4, 0.5) is 5.69 Å². The van der Waals surface area contributed by atoms with Crippen LogP contribution in [0.5, 0.6) is 0 Å². The quantitative estimate of drug-likeness (QED) is 0.720. The van der Waals surface area contributed by atoms with Crippen LogP contribution in [-0.2, 0) is 4.79 Å². The number of likely N-dealkylation sites (N-methyl/N-ethyl adjacent to an activating group) is 1. The number of fused-ring (bicyclic) bond motifs is 1. The lowest BCUT2D eigenvalue weighted by Gasteiger charge is -2.08. The molecular weight excluding hydrogens is 258 g/mol. The van der Waals surface area contributed by atoms with E-state index in [0.29, 0.717) is 10.6 Å². The van der Waals surface area contributed by atoms with Gasteiger partial charge < -0.3 is 4.90 Å². The average molecular weight is 270 g/mol. The highest BCUT2D eigenvalue weighted by Crippen LogP contribution is 2.38. The first kappa shape index (κ1) is 12.0. The maximum atomic E-state index is 12.3. The Bertz CT molecular complexity index is 676. The third-order valence-corrected chi connectivity index (χ3v) is 3.49. The number of hydrogen-bond donors (Lipinski definition) is 0. The maximum Gasteiger partial charge on any atom is 0.258 e. The van der Waals surface area contributed by atoms with E-state index in [0.717, 1.165) is 16.8 Å². The summed E-state index contributed by atoms with van der Waals surface area (Å²) in [6.07, 6.45) is 1.92. The second-order valence-corrected chi connectivity index (χ2v) is 4.93. The van der Waals surface area contributed by atoms with Gasteiger partial charge in [0, 0.05) is 23.2 Å². The number of rotatable bonds is 1. The van der Waals surface area contributed by atoms with Crippen molar-refractivity contribution in [2.24, 2.45) is 0 Å². The Hall–Kier alpha value is -2.06. The first-order chi connectivity index (χ1) is 9.16. The lowest BCUT2D eigenvalue weighted by Crippen LogP contribution is -2.20. The van der Waals surface area contributed by atoms with Gasteiger partial charge in [0.2, 0.25) is 0 Å². The fourth-order valence-electron chi connectivity index (χ4n) is 2.27. The Morgan fingerprint density at radius 3 is 2.58 bits per heavy atom. The zero-order valence-electron chi connectivity index (χ0n) is 10.4. The standard InChI is InChI=1S/C16H12ClNO/c1-18-15-10-12(17)7-8-13(15)14(16(18)19)9-11-5-3-2-4-6-11/h2-10H,1H3/b14-9-. The first-order valence-corrected chi connectivity index (χ1v) is 6.39. The SMILES string of the molecule is CN1C(=O)/C(=C\c2ccccc2)c2ccc(Cl)cc21. The molecule has 0 aromatic heterocycles. The van der Waals surface area contributed by atoms with Crippen LogP contribution in [-0.4, -0.2) is 13.0 Å². The van der Waals surface area contributed by atoms with Gasteiger partial charge in [0.25, 0.3) is 5.91 Å². The molecule has 2 aromatic carbocycles. The second kappa shape index (κ2) is 4.56. The van der Waals surface area contributed by atoms with Gasteiger partial charge in [-0.1, -0.05) is 48.0 Å². The Kier molecular flexibility index (Phi) is 2.88. The van der Waals surface area contributed by atoms with Gasteiger partial charge in [-0.05, 0) is 23.8 Å². The van der Waals surface area contributed by atoms with Gasteiger partial charge in [0.05, 0.1) is 5.69 Å². The fourth-order valence-corrected chi connectivity index (χ4v) is 2.44. The summed E-state index contributed by atoms with van der Waals surface area (Å²) < 4.78 is 0. The van der Waals surface area contributed by atoms with Crippen LogP contribution in [0.2, 0.25) is 5.02 Å². The fraction of sp³-hybridized carbons (Fsp3) is 0.0625. The van der Waals surface area contributed by atoms with Crippen molar-refractivity contribution >= 4 is 34.8 Å². The molecule has 0 saturated heterocycles. The first-order valence-electron chi connectivity index (χ1n) is 6.01. The zero-order valence-corrected chi connectivity index (χ0v) is 11.2. The highest BCUT2D eigenvalue weighted by molar-refractivity contribution is 6.37. The van der Waals surface area contributed by atoms with Crippen molar-refractivity contribution in [3.8, 4) is 0 Å². The lowest BCUT2D eigenvalue weighted by molar-refractivity contribution is -0.112. The molecule has 0 radical (unpaired) electrons. The van der Waals surface area contributed by atoms with Gasteiger partial charge in [-0.15, -0.1) is 0 Å². The summed E-state index contributed by atoms with van der Waals surface area (Å²) in [6.45, 7) is 0. The van der Waals surface area contributed by atoms with Crippen molar-refractivity contribution < 1.29 is 4.79 Å². The highest BCUT2D eigenvalue weighted by atomic mass is 35.5. The molecule has 0 fully saturated rings. The van der Waals surface area contributed by atoms with Gasteiger partial charge in [-0.25, -0.2) is 0 Å².